The van der Waals surface area contributed by atoms with Crippen LogP contribution in [0.2, 0.25) is 0 Å². The molecule has 0 aliphatic carbocycles. The van der Waals surface area contributed by atoms with Crippen molar-refractivity contribution in [3.05, 3.63) is 35.4 Å². The third-order valence-corrected chi connectivity index (χ3v) is 3.37. The number of alkyl halides is 2. The minimum Gasteiger partial charge on any atom is -0.396 e. The summed E-state index contributed by atoms with van der Waals surface area (Å²) in [6.45, 7) is 4.72. The second kappa shape index (κ2) is 6.81. The normalized spacial score (nSPS) is 14.8. The number of benzene rings is 1. The summed E-state index contributed by atoms with van der Waals surface area (Å²) in [4.78, 5) is 0. The summed E-state index contributed by atoms with van der Waals surface area (Å²) in [5.74, 6) is 0. The van der Waals surface area contributed by atoms with Gasteiger partial charge in [-0.05, 0) is 31.4 Å². The van der Waals surface area contributed by atoms with Gasteiger partial charge in [0.1, 0.15) is 0 Å². The lowest BCUT2D eigenvalue weighted by atomic mass is 9.94. The van der Waals surface area contributed by atoms with Crippen molar-refractivity contribution in [1.29, 1.82) is 0 Å². The third kappa shape index (κ3) is 4.35. The van der Waals surface area contributed by atoms with Crippen LogP contribution < -0.4 is 5.32 Å². The summed E-state index contributed by atoms with van der Waals surface area (Å²) in [5.41, 5.74) is 0.732. The molecule has 4 heteroatoms. The van der Waals surface area contributed by atoms with Gasteiger partial charge in [0.25, 0.3) is 6.43 Å². The van der Waals surface area contributed by atoms with Gasteiger partial charge in [-0.1, -0.05) is 25.1 Å². The third-order valence-electron chi connectivity index (χ3n) is 3.37. The SMILES string of the molecule is CCC(C)(CCO)NCc1cccc(C(F)F)c1. The maximum Gasteiger partial charge on any atom is 0.263 e. The van der Waals surface area contributed by atoms with Crippen molar-refractivity contribution >= 4 is 0 Å². The van der Waals surface area contributed by atoms with Crippen LogP contribution in [0.5, 0.6) is 0 Å². The molecule has 0 amide bonds. The predicted molar refractivity (Wildman–Crippen MR) is 68.6 cm³/mol. The first-order valence-electron chi connectivity index (χ1n) is 6.23. The lowest BCUT2D eigenvalue weighted by molar-refractivity contribution is 0.151. The molecule has 102 valence electrons. The Kier molecular flexibility index (Phi) is 5.69. The van der Waals surface area contributed by atoms with Crippen LogP contribution in [-0.4, -0.2) is 17.3 Å². The van der Waals surface area contributed by atoms with E-state index in [2.05, 4.69) is 5.32 Å². The van der Waals surface area contributed by atoms with E-state index < -0.39 is 6.43 Å². The zero-order chi connectivity index (χ0) is 13.6. The molecule has 0 saturated heterocycles. The standard InChI is InChI=1S/C14H21F2NO/c1-3-14(2,7-8-18)17-10-11-5-4-6-12(9-11)13(15)16/h4-6,9,13,17-18H,3,7-8,10H2,1-2H3. The van der Waals surface area contributed by atoms with Crippen molar-refractivity contribution in [3.8, 4) is 0 Å². The van der Waals surface area contributed by atoms with Gasteiger partial charge >= 0.3 is 0 Å². The van der Waals surface area contributed by atoms with E-state index in [1.54, 1.807) is 6.07 Å². The lowest BCUT2D eigenvalue weighted by Crippen LogP contribution is -2.42. The molecule has 0 bridgehead atoms. The highest BCUT2D eigenvalue weighted by Crippen LogP contribution is 2.20. The van der Waals surface area contributed by atoms with Crippen LogP contribution >= 0.6 is 0 Å². The van der Waals surface area contributed by atoms with Crippen LogP contribution in [0.25, 0.3) is 0 Å². The molecule has 1 rings (SSSR count). The Morgan fingerprint density at radius 1 is 1.39 bits per heavy atom. The smallest absolute Gasteiger partial charge is 0.263 e. The summed E-state index contributed by atoms with van der Waals surface area (Å²) >= 11 is 0. The molecular weight excluding hydrogens is 236 g/mol. The van der Waals surface area contributed by atoms with Crippen molar-refractivity contribution in [1.82, 2.24) is 5.32 Å². The van der Waals surface area contributed by atoms with Crippen LogP contribution in [0.1, 0.15) is 44.2 Å². The predicted octanol–water partition coefficient (Wildman–Crippen LogP) is 3.26. The highest BCUT2D eigenvalue weighted by atomic mass is 19.3. The Balaban J connectivity index is 2.65. The van der Waals surface area contributed by atoms with Crippen molar-refractivity contribution in [2.24, 2.45) is 0 Å². The van der Waals surface area contributed by atoms with Crippen LogP contribution in [0.4, 0.5) is 8.78 Å². The Bertz CT molecular complexity index is 371. The van der Waals surface area contributed by atoms with E-state index in [1.807, 2.05) is 19.9 Å². The number of rotatable bonds is 7. The zero-order valence-corrected chi connectivity index (χ0v) is 10.9. The lowest BCUT2D eigenvalue weighted by Gasteiger charge is -2.29. The monoisotopic (exact) mass is 257 g/mol. The number of hydrogen-bond donors (Lipinski definition) is 2. The molecule has 2 nitrogen and oxygen atoms in total. The van der Waals surface area contributed by atoms with Gasteiger partial charge in [-0.15, -0.1) is 0 Å². The van der Waals surface area contributed by atoms with Crippen molar-refractivity contribution in [2.75, 3.05) is 6.61 Å². The molecule has 18 heavy (non-hydrogen) atoms. The Hall–Kier alpha value is -1.00. The average molecular weight is 257 g/mol. The molecule has 0 aliphatic rings. The van der Waals surface area contributed by atoms with Gasteiger partial charge in [0.05, 0.1) is 0 Å². The van der Waals surface area contributed by atoms with Gasteiger partial charge in [0.15, 0.2) is 0 Å². The largest absolute Gasteiger partial charge is 0.396 e. The van der Waals surface area contributed by atoms with Crippen LogP contribution in [-0.2, 0) is 6.54 Å². The minimum absolute atomic E-state index is 0.0506. The average Bonchev–Trinajstić information content (AvgIpc) is 2.37. The molecule has 0 spiro atoms. The summed E-state index contributed by atoms with van der Waals surface area (Å²) in [7, 11) is 0. The fourth-order valence-electron chi connectivity index (χ4n) is 1.79. The van der Waals surface area contributed by atoms with Crippen molar-refractivity contribution < 1.29 is 13.9 Å². The maximum absolute atomic E-state index is 12.6. The number of nitrogens with one attached hydrogen (secondary N) is 1. The molecule has 1 unspecified atom stereocenters. The number of aliphatic hydroxyl groups is 1. The van der Waals surface area contributed by atoms with Gasteiger partial charge < -0.3 is 10.4 Å². The summed E-state index contributed by atoms with van der Waals surface area (Å²) in [5, 5.41) is 12.3. The molecule has 0 aliphatic heterocycles. The molecule has 0 aromatic heterocycles. The molecule has 0 radical (unpaired) electrons. The molecular formula is C14H21F2NO. The first-order valence-corrected chi connectivity index (χ1v) is 6.23. The van der Waals surface area contributed by atoms with Gasteiger partial charge in [-0.2, -0.15) is 0 Å². The van der Waals surface area contributed by atoms with Crippen molar-refractivity contribution in [2.45, 2.75) is 45.2 Å². The van der Waals surface area contributed by atoms with E-state index in [4.69, 9.17) is 5.11 Å². The first-order chi connectivity index (χ1) is 8.50. The van der Waals surface area contributed by atoms with E-state index in [9.17, 15) is 8.78 Å². The topological polar surface area (TPSA) is 32.3 Å². The highest BCUT2D eigenvalue weighted by Gasteiger charge is 2.20. The van der Waals surface area contributed by atoms with Crippen molar-refractivity contribution in [3.63, 3.8) is 0 Å². The summed E-state index contributed by atoms with van der Waals surface area (Å²) < 4.78 is 25.1. The molecule has 0 saturated carbocycles. The highest BCUT2D eigenvalue weighted by molar-refractivity contribution is 5.24. The van der Waals surface area contributed by atoms with E-state index in [1.165, 1.54) is 12.1 Å². The second-order valence-corrected chi connectivity index (χ2v) is 4.79. The van der Waals surface area contributed by atoms with Gasteiger partial charge in [-0.3, -0.25) is 0 Å². The van der Waals surface area contributed by atoms with E-state index in [-0.39, 0.29) is 17.7 Å². The molecule has 1 aromatic carbocycles. The maximum atomic E-state index is 12.6. The van der Waals surface area contributed by atoms with E-state index >= 15 is 0 Å². The quantitative estimate of drug-likeness (QED) is 0.785. The Morgan fingerprint density at radius 3 is 2.67 bits per heavy atom. The van der Waals surface area contributed by atoms with Crippen LogP contribution in [0.15, 0.2) is 24.3 Å². The number of halogens is 2. The van der Waals surface area contributed by atoms with E-state index in [0.29, 0.717) is 13.0 Å². The number of hydrogen-bond acceptors (Lipinski definition) is 2. The zero-order valence-electron chi connectivity index (χ0n) is 10.9. The van der Waals surface area contributed by atoms with E-state index in [0.717, 1.165) is 12.0 Å². The van der Waals surface area contributed by atoms with Gasteiger partial charge in [0.2, 0.25) is 0 Å². The molecule has 2 N–H and O–H groups in total. The first kappa shape index (κ1) is 15.1. The number of aliphatic hydroxyl groups excluding tert-OH is 1. The Morgan fingerprint density at radius 2 is 2.11 bits per heavy atom. The minimum atomic E-state index is -2.43. The van der Waals surface area contributed by atoms with Gasteiger partial charge in [0, 0.05) is 24.3 Å². The van der Waals surface area contributed by atoms with Crippen LogP contribution in [0, 0.1) is 0 Å². The molecule has 1 aromatic rings. The Labute approximate surface area is 107 Å². The second-order valence-electron chi connectivity index (χ2n) is 4.79. The van der Waals surface area contributed by atoms with Crippen LogP contribution in [0.3, 0.4) is 0 Å². The fourth-order valence-corrected chi connectivity index (χ4v) is 1.79. The molecule has 1 atom stereocenters. The fraction of sp³-hybridized carbons (Fsp3) is 0.571. The molecule has 0 heterocycles. The molecule has 0 fully saturated rings. The summed E-state index contributed by atoms with van der Waals surface area (Å²) in [6.07, 6.45) is -0.903. The van der Waals surface area contributed by atoms with Gasteiger partial charge in [-0.25, -0.2) is 8.78 Å². The summed E-state index contributed by atoms with van der Waals surface area (Å²) in [6, 6.07) is 6.43.